The van der Waals surface area contributed by atoms with Crippen molar-refractivity contribution >= 4 is 29.3 Å². The quantitative estimate of drug-likeness (QED) is 0.603. The molecule has 140 valence electrons. The Morgan fingerprint density at radius 3 is 2.85 bits per heavy atom. The summed E-state index contributed by atoms with van der Waals surface area (Å²) >= 11 is 0. The van der Waals surface area contributed by atoms with E-state index in [2.05, 4.69) is 4.90 Å². The van der Waals surface area contributed by atoms with E-state index in [9.17, 15) is 9.59 Å². The van der Waals surface area contributed by atoms with E-state index in [1.165, 1.54) is 19.3 Å². The van der Waals surface area contributed by atoms with E-state index in [4.69, 9.17) is 9.15 Å². The third-order valence-electron chi connectivity index (χ3n) is 5.52. The summed E-state index contributed by atoms with van der Waals surface area (Å²) in [6.07, 6.45) is 5.93. The number of para-hydroxylation sites is 1. The van der Waals surface area contributed by atoms with E-state index in [1.54, 1.807) is 18.2 Å². The maximum absolute atomic E-state index is 12.4. The summed E-state index contributed by atoms with van der Waals surface area (Å²) in [5.74, 6) is -0.210. The molecule has 1 aromatic carbocycles. The molecule has 0 radical (unpaired) electrons. The molecule has 0 amide bonds. The van der Waals surface area contributed by atoms with Gasteiger partial charge in [-0.25, -0.2) is 9.59 Å². The van der Waals surface area contributed by atoms with Gasteiger partial charge in [0, 0.05) is 17.3 Å². The van der Waals surface area contributed by atoms with Crippen LogP contribution in [0.2, 0.25) is 0 Å². The van der Waals surface area contributed by atoms with Crippen molar-refractivity contribution in [2.45, 2.75) is 38.1 Å². The number of benzene rings is 1. The number of hydrogen-bond donors (Lipinski definition) is 0. The van der Waals surface area contributed by atoms with Gasteiger partial charge in [0.05, 0.1) is 6.61 Å². The lowest BCUT2D eigenvalue weighted by molar-refractivity contribution is 0.00716. The number of rotatable bonds is 3. The smallest absolute Gasteiger partial charge is 0.351 e. The first-order valence-electron chi connectivity index (χ1n) is 9.16. The van der Waals surface area contributed by atoms with Crippen LogP contribution in [0.4, 0.5) is 0 Å². The number of hydrogen-bond acceptors (Lipinski definition) is 5. The van der Waals surface area contributed by atoms with Crippen LogP contribution in [0.25, 0.3) is 11.0 Å². The molecular formula is C20H24ClNO4. The van der Waals surface area contributed by atoms with E-state index in [-0.39, 0.29) is 18.0 Å². The average Bonchev–Trinajstić information content (AvgIpc) is 2.65. The van der Waals surface area contributed by atoms with Crippen LogP contribution in [-0.2, 0) is 4.74 Å². The zero-order valence-electron chi connectivity index (χ0n) is 14.7. The van der Waals surface area contributed by atoms with Gasteiger partial charge in [-0.05, 0) is 50.9 Å². The molecule has 0 spiro atoms. The Morgan fingerprint density at radius 1 is 1.15 bits per heavy atom. The van der Waals surface area contributed by atoms with Gasteiger partial charge in [-0.3, -0.25) is 4.90 Å². The molecule has 2 aliphatic rings. The van der Waals surface area contributed by atoms with Crippen LogP contribution in [-0.4, -0.2) is 36.6 Å². The van der Waals surface area contributed by atoms with Crippen molar-refractivity contribution in [1.29, 1.82) is 0 Å². The van der Waals surface area contributed by atoms with Crippen LogP contribution < -0.4 is 5.63 Å². The highest BCUT2D eigenvalue weighted by molar-refractivity contribution is 5.92. The second-order valence-corrected chi connectivity index (χ2v) is 7.09. The third-order valence-corrected chi connectivity index (χ3v) is 5.52. The average molecular weight is 378 g/mol. The molecule has 1 aromatic heterocycles. The number of piperidine rings is 2. The first-order valence-corrected chi connectivity index (χ1v) is 9.16. The summed E-state index contributed by atoms with van der Waals surface area (Å²) in [5.41, 5.74) is -0.171. The van der Waals surface area contributed by atoms with Crippen molar-refractivity contribution < 1.29 is 13.9 Å². The summed E-state index contributed by atoms with van der Waals surface area (Å²) in [7, 11) is 0. The van der Waals surface area contributed by atoms with E-state index in [1.807, 2.05) is 12.1 Å². The van der Waals surface area contributed by atoms with Crippen LogP contribution in [0, 0.1) is 5.92 Å². The van der Waals surface area contributed by atoms with Crippen LogP contribution in [0.15, 0.2) is 39.5 Å². The highest BCUT2D eigenvalue weighted by atomic mass is 35.5. The molecule has 0 N–H and O–H groups in total. The molecule has 0 saturated carbocycles. The summed E-state index contributed by atoms with van der Waals surface area (Å²) in [6, 6.07) is 9.25. The minimum Gasteiger partial charge on any atom is -0.462 e. The molecule has 2 fully saturated rings. The monoisotopic (exact) mass is 377 g/mol. The van der Waals surface area contributed by atoms with E-state index < -0.39 is 11.6 Å². The van der Waals surface area contributed by atoms with Crippen LogP contribution in [0.3, 0.4) is 0 Å². The van der Waals surface area contributed by atoms with Gasteiger partial charge in [0.2, 0.25) is 0 Å². The second-order valence-electron chi connectivity index (χ2n) is 7.09. The minimum atomic E-state index is -0.633. The van der Waals surface area contributed by atoms with E-state index in [0.29, 0.717) is 24.1 Å². The van der Waals surface area contributed by atoms with Gasteiger partial charge in [0.15, 0.2) is 0 Å². The fraction of sp³-hybridized carbons (Fsp3) is 0.500. The summed E-state index contributed by atoms with van der Waals surface area (Å²) in [5, 5.41) is 0.727. The van der Waals surface area contributed by atoms with Gasteiger partial charge in [-0.1, -0.05) is 24.6 Å². The maximum Gasteiger partial charge on any atom is 0.351 e. The van der Waals surface area contributed by atoms with E-state index in [0.717, 1.165) is 31.3 Å². The van der Waals surface area contributed by atoms with Crippen LogP contribution >= 0.6 is 12.4 Å². The standard InChI is InChI=1S/C20H23NO4.ClH/c22-19(16-12-14-6-1-2-9-18(14)25-20(16)23)24-13-15-7-5-11-21-10-4-3-8-17(15)21;/h1-2,6,9,12,15,17H,3-5,7-8,10-11,13H2;1H/t15-,17+;/m0./s1. The number of carbonyl (C=O) groups excluding carboxylic acids is 1. The number of halogens is 1. The normalized spacial score (nSPS) is 23.1. The Morgan fingerprint density at radius 2 is 1.96 bits per heavy atom. The van der Waals surface area contributed by atoms with Gasteiger partial charge < -0.3 is 9.15 Å². The summed E-state index contributed by atoms with van der Waals surface area (Å²) in [4.78, 5) is 27.0. The lowest BCUT2D eigenvalue weighted by atomic mass is 9.84. The van der Waals surface area contributed by atoms with Crippen LogP contribution in [0.1, 0.15) is 42.5 Å². The van der Waals surface area contributed by atoms with Crippen molar-refractivity contribution in [2.24, 2.45) is 5.92 Å². The van der Waals surface area contributed by atoms with Crippen molar-refractivity contribution in [3.8, 4) is 0 Å². The molecule has 26 heavy (non-hydrogen) atoms. The Labute approximate surface area is 158 Å². The molecule has 0 aliphatic carbocycles. The molecule has 2 atom stereocenters. The Balaban J connectivity index is 0.00000196. The third kappa shape index (κ3) is 3.79. The van der Waals surface area contributed by atoms with Crippen LogP contribution in [0.5, 0.6) is 0 Å². The van der Waals surface area contributed by atoms with Crippen molar-refractivity contribution in [3.05, 3.63) is 46.3 Å². The zero-order valence-corrected chi connectivity index (χ0v) is 15.5. The first-order chi connectivity index (χ1) is 12.2. The molecular weight excluding hydrogens is 354 g/mol. The topological polar surface area (TPSA) is 59.8 Å². The minimum absolute atomic E-state index is 0. The molecule has 0 bridgehead atoms. The molecule has 2 aliphatic heterocycles. The predicted molar refractivity (Wildman–Crippen MR) is 102 cm³/mol. The largest absolute Gasteiger partial charge is 0.462 e. The SMILES string of the molecule is Cl.O=C(OC[C@@H]1CCCN2CCCC[C@H]12)c1cc2ccccc2oc1=O. The van der Waals surface area contributed by atoms with Crippen molar-refractivity contribution in [1.82, 2.24) is 4.90 Å². The van der Waals surface area contributed by atoms with Gasteiger partial charge in [0.1, 0.15) is 11.1 Å². The number of esters is 1. The fourth-order valence-corrected chi connectivity index (χ4v) is 4.24. The number of nitrogens with zero attached hydrogens (tertiary/aromatic N) is 1. The van der Waals surface area contributed by atoms with Gasteiger partial charge in [-0.15, -0.1) is 12.4 Å². The predicted octanol–water partition coefficient (Wildman–Crippen LogP) is 3.64. The second kappa shape index (κ2) is 8.23. The molecule has 5 nitrogen and oxygen atoms in total. The van der Waals surface area contributed by atoms with E-state index >= 15 is 0 Å². The highest BCUT2D eigenvalue weighted by Crippen LogP contribution is 2.31. The number of carbonyl (C=O) groups is 1. The Kier molecular flexibility index (Phi) is 5.99. The lowest BCUT2D eigenvalue weighted by Gasteiger charge is -2.44. The Bertz CT molecular complexity index is 832. The van der Waals surface area contributed by atoms with Crippen molar-refractivity contribution in [2.75, 3.05) is 19.7 Å². The van der Waals surface area contributed by atoms with Gasteiger partial charge >= 0.3 is 11.6 Å². The molecule has 6 heteroatoms. The first kappa shape index (κ1) is 18.9. The maximum atomic E-state index is 12.4. The molecule has 3 heterocycles. The Hall–Kier alpha value is -1.85. The fourth-order valence-electron chi connectivity index (χ4n) is 4.24. The zero-order chi connectivity index (χ0) is 17.2. The number of ether oxygens (including phenoxy) is 1. The molecule has 4 rings (SSSR count). The summed E-state index contributed by atoms with van der Waals surface area (Å²) in [6.45, 7) is 2.69. The lowest BCUT2D eigenvalue weighted by Crippen LogP contribution is -2.49. The summed E-state index contributed by atoms with van der Waals surface area (Å²) < 4.78 is 10.7. The van der Waals surface area contributed by atoms with Gasteiger partial charge in [-0.2, -0.15) is 0 Å². The molecule has 2 saturated heterocycles. The molecule has 2 aromatic rings. The number of fused-ring (bicyclic) bond motifs is 2. The molecule has 0 unspecified atom stereocenters. The van der Waals surface area contributed by atoms with Gasteiger partial charge in [0.25, 0.3) is 0 Å². The van der Waals surface area contributed by atoms with Crippen molar-refractivity contribution in [3.63, 3.8) is 0 Å². The highest BCUT2D eigenvalue weighted by Gasteiger charge is 2.33.